The fraction of sp³-hybridized carbons (Fsp3) is 0.0667. The Kier molecular flexibility index (Phi) is 4.58. The van der Waals surface area contributed by atoms with E-state index in [0.29, 0.717) is 22.5 Å². The number of nitrogens with one attached hydrogen (secondary N) is 2. The molecule has 6 heteroatoms. The quantitative estimate of drug-likeness (QED) is 0.589. The van der Waals surface area contributed by atoms with Gasteiger partial charge in [-0.15, -0.1) is 0 Å². The van der Waals surface area contributed by atoms with Gasteiger partial charge in [0.25, 0.3) is 5.91 Å². The Morgan fingerprint density at radius 1 is 1.24 bits per heavy atom. The van der Waals surface area contributed by atoms with Crippen LogP contribution < -0.4 is 16.6 Å². The zero-order valence-electron chi connectivity index (χ0n) is 11.3. The van der Waals surface area contributed by atoms with Crippen LogP contribution in [-0.2, 0) is 0 Å². The molecule has 0 aliphatic rings. The number of hydrogen-bond acceptors (Lipinski definition) is 4. The van der Waals surface area contributed by atoms with Crippen molar-refractivity contribution in [2.24, 2.45) is 5.84 Å². The molecule has 2 aromatic carbocycles. The molecule has 1 amide bonds. The average molecular weight is 345 g/mol. The lowest BCUT2D eigenvalue weighted by Crippen LogP contribution is -2.18. The third-order valence-corrected chi connectivity index (χ3v) is 3.42. The maximum atomic E-state index is 12.4. The van der Waals surface area contributed by atoms with Crippen LogP contribution in [-0.4, -0.2) is 5.91 Å². The maximum Gasteiger partial charge on any atom is 0.257 e. The third-order valence-electron chi connectivity index (χ3n) is 2.93. The summed E-state index contributed by atoms with van der Waals surface area (Å²) in [5.74, 6) is 5.09. The summed E-state index contributed by atoms with van der Waals surface area (Å²) in [6.45, 7) is 1.89. The Morgan fingerprint density at radius 3 is 2.67 bits per heavy atom. The maximum absolute atomic E-state index is 12.4. The zero-order chi connectivity index (χ0) is 15.4. The van der Waals surface area contributed by atoms with E-state index in [4.69, 9.17) is 11.1 Å². The number of rotatable bonds is 3. The molecular weight excluding hydrogens is 332 g/mol. The van der Waals surface area contributed by atoms with Crippen molar-refractivity contribution >= 4 is 33.2 Å². The number of carbonyl (C=O) groups excluding carboxylic acids is 1. The van der Waals surface area contributed by atoms with E-state index in [-0.39, 0.29) is 5.91 Å². The summed E-state index contributed by atoms with van der Waals surface area (Å²) in [6, 6.07) is 12.4. The van der Waals surface area contributed by atoms with E-state index in [0.717, 1.165) is 10.0 Å². The standard InChI is InChI=1S/C15H13BrN4O/c1-9-2-5-13(20-18)12(6-9)15(21)19-14-7-11(16)4-3-10(14)8-17/h2-7,20H,18H2,1H3,(H,19,21). The van der Waals surface area contributed by atoms with Gasteiger partial charge in [-0.2, -0.15) is 5.26 Å². The van der Waals surface area contributed by atoms with Crippen molar-refractivity contribution in [1.29, 1.82) is 5.26 Å². The van der Waals surface area contributed by atoms with Gasteiger partial charge in [-0.3, -0.25) is 10.6 Å². The number of anilines is 2. The second-order valence-corrected chi connectivity index (χ2v) is 5.36. The summed E-state index contributed by atoms with van der Waals surface area (Å²) in [6.07, 6.45) is 0. The van der Waals surface area contributed by atoms with Gasteiger partial charge in [0, 0.05) is 4.47 Å². The number of nitrogen functional groups attached to an aromatic ring is 1. The van der Waals surface area contributed by atoms with E-state index in [9.17, 15) is 4.79 Å². The van der Waals surface area contributed by atoms with Crippen LogP contribution in [0.25, 0.3) is 0 Å². The molecule has 0 aromatic heterocycles. The van der Waals surface area contributed by atoms with Gasteiger partial charge in [-0.25, -0.2) is 0 Å². The van der Waals surface area contributed by atoms with Crippen LogP contribution in [0.3, 0.4) is 0 Å². The normalized spacial score (nSPS) is 9.81. The lowest BCUT2D eigenvalue weighted by atomic mass is 10.1. The highest BCUT2D eigenvalue weighted by Crippen LogP contribution is 2.23. The number of nitriles is 1. The molecule has 0 bridgehead atoms. The smallest absolute Gasteiger partial charge is 0.257 e. The topological polar surface area (TPSA) is 90.9 Å². The first kappa shape index (κ1) is 15.0. The molecule has 21 heavy (non-hydrogen) atoms. The summed E-state index contributed by atoms with van der Waals surface area (Å²) < 4.78 is 0.776. The van der Waals surface area contributed by atoms with Crippen molar-refractivity contribution in [3.63, 3.8) is 0 Å². The largest absolute Gasteiger partial charge is 0.323 e. The summed E-state index contributed by atoms with van der Waals surface area (Å²) in [5.41, 5.74) is 5.21. The Morgan fingerprint density at radius 2 is 2.00 bits per heavy atom. The van der Waals surface area contributed by atoms with Crippen LogP contribution in [0, 0.1) is 18.3 Å². The molecule has 106 valence electrons. The Balaban J connectivity index is 2.37. The predicted octanol–water partition coefficient (Wildman–Crippen LogP) is 3.17. The number of aryl methyl sites for hydroxylation is 1. The van der Waals surface area contributed by atoms with Gasteiger partial charge >= 0.3 is 0 Å². The van der Waals surface area contributed by atoms with Crippen molar-refractivity contribution < 1.29 is 4.79 Å². The average Bonchev–Trinajstić information content (AvgIpc) is 2.47. The van der Waals surface area contributed by atoms with E-state index in [1.807, 2.05) is 19.1 Å². The van der Waals surface area contributed by atoms with Gasteiger partial charge < -0.3 is 10.7 Å². The van der Waals surface area contributed by atoms with E-state index < -0.39 is 0 Å². The molecule has 0 saturated carbocycles. The number of nitrogens with two attached hydrogens (primary N) is 1. The van der Waals surface area contributed by atoms with E-state index in [1.54, 1.807) is 30.3 Å². The van der Waals surface area contributed by atoms with Crippen molar-refractivity contribution in [2.45, 2.75) is 6.92 Å². The first-order valence-corrected chi connectivity index (χ1v) is 6.92. The van der Waals surface area contributed by atoms with Gasteiger partial charge in [0.2, 0.25) is 0 Å². The highest BCUT2D eigenvalue weighted by molar-refractivity contribution is 9.10. The number of nitrogens with zero attached hydrogens (tertiary/aromatic N) is 1. The first-order chi connectivity index (χ1) is 10.0. The molecule has 0 heterocycles. The van der Waals surface area contributed by atoms with Crippen molar-refractivity contribution in [2.75, 3.05) is 10.7 Å². The number of halogens is 1. The fourth-order valence-electron chi connectivity index (χ4n) is 1.88. The second kappa shape index (κ2) is 6.39. The molecule has 2 rings (SSSR count). The van der Waals surface area contributed by atoms with E-state index >= 15 is 0 Å². The SMILES string of the molecule is Cc1ccc(NN)c(C(=O)Nc2cc(Br)ccc2C#N)c1. The first-order valence-electron chi connectivity index (χ1n) is 6.13. The van der Waals surface area contributed by atoms with Crippen molar-refractivity contribution in [3.05, 3.63) is 57.6 Å². The molecule has 2 aromatic rings. The number of benzene rings is 2. The molecule has 5 nitrogen and oxygen atoms in total. The summed E-state index contributed by atoms with van der Waals surface area (Å²) >= 11 is 3.32. The second-order valence-electron chi connectivity index (χ2n) is 4.45. The Labute approximate surface area is 130 Å². The molecule has 0 fully saturated rings. The number of carbonyl (C=O) groups is 1. The van der Waals surface area contributed by atoms with Crippen molar-refractivity contribution in [1.82, 2.24) is 0 Å². The van der Waals surface area contributed by atoms with Gasteiger partial charge in [-0.05, 0) is 37.3 Å². The van der Waals surface area contributed by atoms with Gasteiger partial charge in [0.05, 0.1) is 22.5 Å². The van der Waals surface area contributed by atoms with Crippen LogP contribution in [0.4, 0.5) is 11.4 Å². The van der Waals surface area contributed by atoms with Gasteiger partial charge in [0.1, 0.15) is 6.07 Å². The van der Waals surface area contributed by atoms with Crippen molar-refractivity contribution in [3.8, 4) is 6.07 Å². The van der Waals surface area contributed by atoms with Crippen LogP contribution in [0.1, 0.15) is 21.5 Å². The molecule has 0 atom stereocenters. The van der Waals surface area contributed by atoms with Gasteiger partial charge in [-0.1, -0.05) is 27.6 Å². The fourth-order valence-corrected chi connectivity index (χ4v) is 2.24. The third kappa shape index (κ3) is 3.40. The zero-order valence-corrected chi connectivity index (χ0v) is 12.9. The minimum absolute atomic E-state index is 0.332. The minimum Gasteiger partial charge on any atom is -0.323 e. The summed E-state index contributed by atoms with van der Waals surface area (Å²) in [4.78, 5) is 12.4. The van der Waals surface area contributed by atoms with Crippen LogP contribution in [0.15, 0.2) is 40.9 Å². The van der Waals surface area contributed by atoms with Gasteiger partial charge in [0.15, 0.2) is 0 Å². The van der Waals surface area contributed by atoms with E-state index in [2.05, 4.69) is 26.7 Å². The summed E-state index contributed by atoms with van der Waals surface area (Å²) in [7, 11) is 0. The van der Waals surface area contributed by atoms with E-state index in [1.165, 1.54) is 0 Å². The number of amides is 1. The lowest BCUT2D eigenvalue weighted by molar-refractivity contribution is 0.102. The molecule has 0 saturated heterocycles. The molecule has 0 unspecified atom stereocenters. The highest BCUT2D eigenvalue weighted by Gasteiger charge is 2.13. The molecule has 0 spiro atoms. The van der Waals surface area contributed by atoms with Crippen LogP contribution >= 0.6 is 15.9 Å². The Bertz CT molecular complexity index is 737. The lowest BCUT2D eigenvalue weighted by Gasteiger charge is -2.11. The number of hydrazine groups is 1. The number of hydrogen-bond donors (Lipinski definition) is 3. The predicted molar refractivity (Wildman–Crippen MR) is 85.8 cm³/mol. The van der Waals surface area contributed by atoms with Crippen LogP contribution in [0.5, 0.6) is 0 Å². The minimum atomic E-state index is -0.332. The van der Waals surface area contributed by atoms with Crippen LogP contribution in [0.2, 0.25) is 0 Å². The molecule has 0 radical (unpaired) electrons. The molecule has 0 aliphatic heterocycles. The molecular formula is C15H13BrN4O. The monoisotopic (exact) mass is 344 g/mol. The highest BCUT2D eigenvalue weighted by atomic mass is 79.9. The summed E-state index contributed by atoms with van der Waals surface area (Å²) in [5, 5.41) is 11.8. The molecule has 0 aliphatic carbocycles. The molecule has 4 N–H and O–H groups in total. The Hall–Kier alpha value is -2.36.